The molecule has 0 unspecified atom stereocenters. The second-order valence-electron chi connectivity index (χ2n) is 6.22. The molecule has 2 radical (unpaired) electrons. The van der Waals surface area contributed by atoms with E-state index in [9.17, 15) is 0 Å². The Balaban J connectivity index is 0.000000295. The molecule has 0 fully saturated rings. The Kier molecular flexibility index (Phi) is 6.91. The minimum absolute atomic E-state index is 0.0833. The highest BCUT2D eigenvalue weighted by Crippen LogP contribution is 2.27. The zero-order valence-corrected chi connectivity index (χ0v) is 14.8. The first kappa shape index (κ1) is 18.5. The molecule has 0 aliphatic rings. The summed E-state index contributed by atoms with van der Waals surface area (Å²) in [4.78, 5) is 4.31. The van der Waals surface area contributed by atoms with Gasteiger partial charge >= 0.3 is 0 Å². The molecule has 2 aromatic rings. The van der Waals surface area contributed by atoms with Gasteiger partial charge in [-0.2, -0.15) is 0 Å². The van der Waals surface area contributed by atoms with Gasteiger partial charge in [0.05, 0.1) is 19.7 Å². The smallest absolute Gasteiger partial charge is 0.153 e. The predicted molar refractivity (Wildman–Crippen MR) is 95.9 cm³/mol. The monoisotopic (exact) mass is 300 g/mol. The van der Waals surface area contributed by atoms with Gasteiger partial charge in [-0.3, -0.25) is 0 Å². The van der Waals surface area contributed by atoms with Crippen molar-refractivity contribution in [3.05, 3.63) is 24.0 Å². The van der Waals surface area contributed by atoms with Crippen molar-refractivity contribution >= 4 is 19.3 Å². The van der Waals surface area contributed by atoms with Crippen LogP contribution in [0.3, 0.4) is 0 Å². The average Bonchev–Trinajstić information content (AvgIpc) is 2.91. The van der Waals surface area contributed by atoms with E-state index in [1.807, 2.05) is 22.8 Å². The quantitative estimate of drug-likeness (QED) is 0.830. The van der Waals surface area contributed by atoms with E-state index in [-0.39, 0.29) is 5.31 Å². The highest BCUT2D eigenvalue weighted by molar-refractivity contribution is 6.14. The van der Waals surface area contributed by atoms with Gasteiger partial charge in [-0.1, -0.05) is 52.8 Å². The van der Waals surface area contributed by atoms with Gasteiger partial charge < -0.3 is 5.32 Å². The third-order valence-corrected chi connectivity index (χ3v) is 3.95. The van der Waals surface area contributed by atoms with Crippen molar-refractivity contribution in [3.8, 4) is 0 Å². The fourth-order valence-electron chi connectivity index (χ4n) is 1.81. The van der Waals surface area contributed by atoms with E-state index >= 15 is 0 Å². The number of imidazole rings is 1. The molecule has 0 aliphatic carbocycles. The van der Waals surface area contributed by atoms with Crippen LogP contribution in [0, 0.1) is 0 Å². The summed E-state index contributed by atoms with van der Waals surface area (Å²) in [5, 5.41) is 7.77. The predicted octanol–water partition coefficient (Wildman–Crippen LogP) is 4.44. The number of aromatic nitrogens is 3. The Bertz CT molecular complexity index is 569. The van der Waals surface area contributed by atoms with Crippen molar-refractivity contribution in [2.75, 3.05) is 11.9 Å². The Morgan fingerprint density at radius 1 is 1.23 bits per heavy atom. The molecule has 0 bridgehead atoms. The maximum atomic E-state index is 5.72. The lowest BCUT2D eigenvalue weighted by atomic mass is 9.67. The maximum absolute atomic E-state index is 5.72. The van der Waals surface area contributed by atoms with Crippen LogP contribution in [-0.2, 0) is 0 Å². The molecule has 120 valence electrons. The first-order valence-electron chi connectivity index (χ1n) is 8.22. The summed E-state index contributed by atoms with van der Waals surface area (Å²) in [5.74, 6) is 1.33. The summed E-state index contributed by atoms with van der Waals surface area (Å²) >= 11 is 0. The molecule has 0 amide bonds. The fraction of sp³-hybridized carbons (Fsp3) is 0.647. The van der Waals surface area contributed by atoms with Gasteiger partial charge in [0.2, 0.25) is 0 Å². The lowest BCUT2D eigenvalue weighted by Crippen LogP contribution is -2.05. The van der Waals surface area contributed by atoms with Crippen molar-refractivity contribution in [3.63, 3.8) is 0 Å². The van der Waals surface area contributed by atoms with Crippen molar-refractivity contribution in [2.45, 2.75) is 65.6 Å². The molecule has 2 aromatic heterocycles. The van der Waals surface area contributed by atoms with Gasteiger partial charge in [-0.05, 0) is 25.0 Å². The Morgan fingerprint density at radius 3 is 2.32 bits per heavy atom. The lowest BCUT2D eigenvalue weighted by Gasteiger charge is -2.19. The summed E-state index contributed by atoms with van der Waals surface area (Å²) in [7, 11) is 5.72. The standard InChI is InChI=1S/C11H16N4.C6H13B/c1-4-12-10-5-6-11-13-7-9(8(2)3)15(11)14-10;1-4-6(3,7)5-2/h5-8H,4H2,1-3H3,(H,12,14);4-5H2,1-3H3. The summed E-state index contributed by atoms with van der Waals surface area (Å²) < 4.78 is 1.91. The van der Waals surface area contributed by atoms with Crippen molar-refractivity contribution < 1.29 is 0 Å². The first-order valence-corrected chi connectivity index (χ1v) is 8.22. The van der Waals surface area contributed by atoms with E-state index < -0.39 is 0 Å². The summed E-state index contributed by atoms with van der Waals surface area (Å²) in [6.07, 6.45) is 4.04. The minimum Gasteiger partial charge on any atom is -0.369 e. The molecule has 2 rings (SSSR count). The van der Waals surface area contributed by atoms with Crippen LogP contribution in [0.1, 0.15) is 66.0 Å². The number of hydrogen-bond acceptors (Lipinski definition) is 3. The van der Waals surface area contributed by atoms with E-state index in [2.05, 4.69) is 56.9 Å². The Morgan fingerprint density at radius 2 is 1.86 bits per heavy atom. The molecular formula is C17H29BN4. The van der Waals surface area contributed by atoms with E-state index in [1.165, 1.54) is 0 Å². The topological polar surface area (TPSA) is 42.2 Å². The first-order chi connectivity index (χ1) is 10.3. The summed E-state index contributed by atoms with van der Waals surface area (Å²) in [6, 6.07) is 3.94. The lowest BCUT2D eigenvalue weighted by molar-refractivity contribution is 0.571. The van der Waals surface area contributed by atoms with Crippen LogP contribution in [0.25, 0.3) is 5.65 Å². The van der Waals surface area contributed by atoms with Crippen molar-refractivity contribution in [1.82, 2.24) is 14.6 Å². The summed E-state index contributed by atoms with van der Waals surface area (Å²) in [6.45, 7) is 13.5. The van der Waals surface area contributed by atoms with Crippen molar-refractivity contribution in [1.29, 1.82) is 0 Å². The van der Waals surface area contributed by atoms with E-state index in [1.54, 1.807) is 0 Å². The maximum Gasteiger partial charge on any atom is 0.153 e. The third-order valence-electron chi connectivity index (χ3n) is 3.95. The van der Waals surface area contributed by atoms with Gasteiger partial charge in [-0.15, -0.1) is 5.10 Å². The number of nitrogens with zero attached hydrogens (tertiary/aromatic N) is 3. The molecule has 0 aromatic carbocycles. The second-order valence-corrected chi connectivity index (χ2v) is 6.22. The van der Waals surface area contributed by atoms with Crippen LogP contribution in [0.4, 0.5) is 5.82 Å². The normalized spacial score (nSPS) is 11.4. The zero-order valence-electron chi connectivity index (χ0n) is 14.8. The molecule has 0 aliphatic heterocycles. The Hall–Kier alpha value is -1.52. The number of nitrogens with one attached hydrogen (secondary N) is 1. The summed E-state index contributed by atoms with van der Waals surface area (Å²) in [5.41, 5.74) is 2.05. The SMILES string of the molecule is CCNc1ccc2ncc(C(C)C)n2n1.[B]C(C)(CC)CC. The number of rotatable bonds is 5. The second kappa shape index (κ2) is 8.21. The van der Waals surface area contributed by atoms with Crippen LogP contribution in [0.15, 0.2) is 18.3 Å². The third kappa shape index (κ3) is 5.04. The molecule has 0 saturated carbocycles. The highest BCUT2D eigenvalue weighted by Gasteiger charge is 2.09. The van der Waals surface area contributed by atoms with Gasteiger partial charge in [0.25, 0.3) is 0 Å². The van der Waals surface area contributed by atoms with Crippen molar-refractivity contribution in [2.24, 2.45) is 0 Å². The fourth-order valence-corrected chi connectivity index (χ4v) is 1.81. The van der Waals surface area contributed by atoms with Crippen LogP contribution in [0.5, 0.6) is 0 Å². The van der Waals surface area contributed by atoms with Gasteiger partial charge in [-0.25, -0.2) is 9.50 Å². The minimum atomic E-state index is 0.0833. The van der Waals surface area contributed by atoms with E-state index in [4.69, 9.17) is 7.85 Å². The van der Waals surface area contributed by atoms with Crippen LogP contribution < -0.4 is 5.32 Å². The van der Waals surface area contributed by atoms with Gasteiger partial charge in [0, 0.05) is 6.54 Å². The number of anilines is 1. The molecule has 0 saturated heterocycles. The van der Waals surface area contributed by atoms with E-state index in [0.717, 1.165) is 36.5 Å². The zero-order chi connectivity index (χ0) is 16.8. The molecule has 2 heterocycles. The molecular weight excluding hydrogens is 271 g/mol. The number of hydrogen-bond donors (Lipinski definition) is 1. The number of fused-ring (bicyclic) bond motifs is 1. The molecule has 22 heavy (non-hydrogen) atoms. The molecule has 5 heteroatoms. The van der Waals surface area contributed by atoms with Gasteiger partial charge in [0.1, 0.15) is 5.82 Å². The van der Waals surface area contributed by atoms with Crippen LogP contribution in [-0.4, -0.2) is 29.0 Å². The van der Waals surface area contributed by atoms with Gasteiger partial charge in [0.15, 0.2) is 5.65 Å². The van der Waals surface area contributed by atoms with Crippen LogP contribution >= 0.6 is 0 Å². The largest absolute Gasteiger partial charge is 0.369 e. The molecule has 4 nitrogen and oxygen atoms in total. The molecule has 1 N–H and O–H groups in total. The molecule has 0 atom stereocenters. The average molecular weight is 300 g/mol. The van der Waals surface area contributed by atoms with Crippen LogP contribution in [0.2, 0.25) is 5.31 Å². The molecule has 0 spiro atoms. The Labute approximate surface area is 136 Å². The highest BCUT2D eigenvalue weighted by atomic mass is 15.3. The van der Waals surface area contributed by atoms with E-state index in [0.29, 0.717) is 5.92 Å².